The Balaban J connectivity index is 1.60. The van der Waals surface area contributed by atoms with Crippen LogP contribution in [0.3, 0.4) is 0 Å². The third-order valence-electron chi connectivity index (χ3n) is 5.60. The summed E-state index contributed by atoms with van der Waals surface area (Å²) in [4.78, 5) is 40.6. The normalized spacial score (nSPS) is 15.3. The summed E-state index contributed by atoms with van der Waals surface area (Å²) < 4.78 is 0. The average molecular weight is 457 g/mol. The largest absolute Gasteiger partial charge is 0.354 e. The number of rotatable bonds is 7. The maximum absolute atomic E-state index is 12.9. The van der Waals surface area contributed by atoms with Crippen LogP contribution in [-0.2, 0) is 4.79 Å². The van der Waals surface area contributed by atoms with Crippen molar-refractivity contribution in [1.29, 1.82) is 0 Å². The zero-order chi connectivity index (χ0) is 23.1. The number of carbonyl (C=O) groups is 3. The van der Waals surface area contributed by atoms with Gasteiger partial charge in [0.05, 0.1) is 4.88 Å². The number of anilines is 1. The Morgan fingerprint density at radius 1 is 1.09 bits per heavy atom. The Bertz CT molecular complexity index is 904. The number of thiophene rings is 1. The van der Waals surface area contributed by atoms with E-state index in [0.29, 0.717) is 43.3 Å². The molecular weight excluding hydrogens is 424 g/mol. The lowest BCUT2D eigenvalue weighted by atomic mass is 9.88. The fourth-order valence-corrected chi connectivity index (χ4v) is 4.33. The van der Waals surface area contributed by atoms with Crippen LogP contribution in [0.5, 0.6) is 0 Å². The molecule has 1 saturated heterocycles. The molecule has 1 fully saturated rings. The minimum atomic E-state index is -0.620. The van der Waals surface area contributed by atoms with E-state index in [4.69, 9.17) is 0 Å². The van der Waals surface area contributed by atoms with Crippen molar-refractivity contribution in [2.45, 2.75) is 39.7 Å². The molecule has 1 atom stereocenters. The number of urea groups is 1. The highest BCUT2D eigenvalue weighted by Gasteiger charge is 2.34. The van der Waals surface area contributed by atoms with E-state index in [1.807, 2.05) is 56.5 Å². The highest BCUT2D eigenvalue weighted by molar-refractivity contribution is 7.12. The molecule has 3 N–H and O–H groups in total. The van der Waals surface area contributed by atoms with Crippen LogP contribution in [0.2, 0.25) is 0 Å². The number of likely N-dealkylation sites (tertiary alicyclic amines) is 1. The van der Waals surface area contributed by atoms with Crippen molar-refractivity contribution in [2.75, 3.05) is 25.0 Å². The number of hydrogen-bond acceptors (Lipinski definition) is 4. The van der Waals surface area contributed by atoms with Gasteiger partial charge in [0.1, 0.15) is 6.04 Å². The zero-order valence-corrected chi connectivity index (χ0v) is 19.7. The van der Waals surface area contributed by atoms with E-state index in [1.54, 1.807) is 11.0 Å². The van der Waals surface area contributed by atoms with E-state index >= 15 is 0 Å². The summed E-state index contributed by atoms with van der Waals surface area (Å²) in [6, 6.07) is 10.5. The molecule has 0 saturated carbocycles. The first-order valence-electron chi connectivity index (χ1n) is 11.1. The lowest BCUT2D eigenvalue weighted by Gasteiger charge is -2.35. The molecule has 1 aliphatic heterocycles. The third-order valence-corrected chi connectivity index (χ3v) is 6.47. The van der Waals surface area contributed by atoms with Gasteiger partial charge in [-0.3, -0.25) is 9.59 Å². The maximum atomic E-state index is 12.9. The second kappa shape index (κ2) is 11.1. The Kier molecular flexibility index (Phi) is 8.27. The molecule has 8 heteroatoms. The molecule has 1 aliphatic rings. The summed E-state index contributed by atoms with van der Waals surface area (Å²) in [5, 5.41) is 10.7. The van der Waals surface area contributed by atoms with Gasteiger partial charge in [-0.05, 0) is 55.2 Å². The first kappa shape index (κ1) is 23.8. The predicted octanol–water partition coefficient (Wildman–Crippen LogP) is 3.87. The van der Waals surface area contributed by atoms with Crippen LogP contribution in [0.1, 0.15) is 41.9 Å². The van der Waals surface area contributed by atoms with Gasteiger partial charge in [0.15, 0.2) is 0 Å². The van der Waals surface area contributed by atoms with Crippen LogP contribution < -0.4 is 16.0 Å². The van der Waals surface area contributed by atoms with Crippen molar-refractivity contribution in [1.82, 2.24) is 15.5 Å². The standard InChI is InChI=1S/C24H32N4O3S/c1-16(2)15-25-23(30)21(27-22(29)20-5-4-14-32-20)18-10-12-28(13-11-18)24(31)26-19-8-6-17(3)7-9-19/h4-9,14,16,18,21H,10-13,15H2,1-3H3,(H,25,30)(H,26,31)(H,27,29)/t21-/m0/s1. The number of carbonyl (C=O) groups excluding carboxylic acids is 3. The minimum Gasteiger partial charge on any atom is -0.354 e. The van der Waals surface area contributed by atoms with Crippen molar-refractivity contribution >= 4 is 34.9 Å². The molecule has 7 nitrogen and oxygen atoms in total. The molecule has 0 radical (unpaired) electrons. The van der Waals surface area contributed by atoms with E-state index in [0.717, 1.165) is 11.3 Å². The van der Waals surface area contributed by atoms with Crippen LogP contribution in [0.4, 0.5) is 10.5 Å². The minimum absolute atomic E-state index is 0.0329. The second-order valence-electron chi connectivity index (χ2n) is 8.69. The number of benzene rings is 1. The smallest absolute Gasteiger partial charge is 0.321 e. The fraction of sp³-hybridized carbons (Fsp3) is 0.458. The second-order valence-corrected chi connectivity index (χ2v) is 9.64. The summed E-state index contributed by atoms with van der Waals surface area (Å²) in [6.07, 6.45) is 1.29. The van der Waals surface area contributed by atoms with Gasteiger partial charge in [-0.25, -0.2) is 4.79 Å². The summed E-state index contributed by atoms with van der Waals surface area (Å²) in [5.41, 5.74) is 1.90. The number of nitrogens with zero attached hydrogens (tertiary/aromatic N) is 1. The molecule has 3 rings (SSSR count). The van der Waals surface area contributed by atoms with Gasteiger partial charge in [0.2, 0.25) is 5.91 Å². The van der Waals surface area contributed by atoms with Crippen molar-refractivity contribution in [3.05, 3.63) is 52.2 Å². The first-order valence-corrected chi connectivity index (χ1v) is 12.0. The lowest BCUT2D eigenvalue weighted by Crippen LogP contribution is -2.54. The van der Waals surface area contributed by atoms with Crippen molar-refractivity contribution < 1.29 is 14.4 Å². The number of nitrogens with one attached hydrogen (secondary N) is 3. The Hall–Kier alpha value is -2.87. The van der Waals surface area contributed by atoms with E-state index < -0.39 is 6.04 Å². The maximum Gasteiger partial charge on any atom is 0.321 e. The lowest BCUT2D eigenvalue weighted by molar-refractivity contribution is -0.124. The molecule has 0 aliphatic carbocycles. The molecule has 172 valence electrons. The number of hydrogen-bond donors (Lipinski definition) is 3. The Morgan fingerprint density at radius 2 is 1.78 bits per heavy atom. The zero-order valence-electron chi connectivity index (χ0n) is 18.9. The van der Waals surface area contributed by atoms with Gasteiger partial charge in [-0.2, -0.15) is 0 Å². The molecule has 2 aromatic rings. The van der Waals surface area contributed by atoms with Gasteiger partial charge < -0.3 is 20.9 Å². The summed E-state index contributed by atoms with van der Waals surface area (Å²) in [6.45, 7) is 7.69. The van der Waals surface area contributed by atoms with Gasteiger partial charge in [0, 0.05) is 25.3 Å². The number of piperidine rings is 1. The van der Waals surface area contributed by atoms with Gasteiger partial charge >= 0.3 is 6.03 Å². The molecule has 1 aromatic carbocycles. The third kappa shape index (κ3) is 6.56. The molecule has 2 heterocycles. The van der Waals surface area contributed by atoms with Crippen LogP contribution >= 0.6 is 11.3 Å². The summed E-state index contributed by atoms with van der Waals surface area (Å²) >= 11 is 1.35. The molecular formula is C24H32N4O3S. The molecule has 0 unspecified atom stereocenters. The van der Waals surface area contributed by atoms with Gasteiger partial charge in [-0.15, -0.1) is 11.3 Å². The first-order chi connectivity index (χ1) is 15.3. The average Bonchev–Trinajstić information content (AvgIpc) is 3.32. The van der Waals surface area contributed by atoms with E-state index in [-0.39, 0.29) is 23.8 Å². The van der Waals surface area contributed by atoms with E-state index in [2.05, 4.69) is 16.0 Å². The van der Waals surface area contributed by atoms with Crippen LogP contribution in [0, 0.1) is 18.8 Å². The predicted molar refractivity (Wildman–Crippen MR) is 128 cm³/mol. The van der Waals surface area contributed by atoms with Crippen LogP contribution in [0.15, 0.2) is 41.8 Å². The quantitative estimate of drug-likeness (QED) is 0.591. The van der Waals surface area contributed by atoms with Crippen molar-refractivity contribution in [3.63, 3.8) is 0 Å². The Morgan fingerprint density at radius 3 is 2.38 bits per heavy atom. The highest BCUT2D eigenvalue weighted by atomic mass is 32.1. The van der Waals surface area contributed by atoms with Crippen molar-refractivity contribution in [3.8, 4) is 0 Å². The van der Waals surface area contributed by atoms with E-state index in [9.17, 15) is 14.4 Å². The topological polar surface area (TPSA) is 90.5 Å². The van der Waals surface area contributed by atoms with E-state index in [1.165, 1.54) is 11.3 Å². The van der Waals surface area contributed by atoms with Crippen LogP contribution in [0.25, 0.3) is 0 Å². The highest BCUT2D eigenvalue weighted by Crippen LogP contribution is 2.23. The van der Waals surface area contributed by atoms with Crippen LogP contribution in [-0.4, -0.2) is 48.4 Å². The molecule has 32 heavy (non-hydrogen) atoms. The number of amides is 4. The Labute approximate surface area is 193 Å². The summed E-state index contributed by atoms with van der Waals surface area (Å²) in [7, 11) is 0. The fourth-order valence-electron chi connectivity index (χ4n) is 3.71. The number of aryl methyl sites for hydroxylation is 1. The molecule has 1 aromatic heterocycles. The van der Waals surface area contributed by atoms with Gasteiger partial charge in [0.25, 0.3) is 5.91 Å². The summed E-state index contributed by atoms with van der Waals surface area (Å²) in [5.74, 6) is -0.107. The molecule has 0 bridgehead atoms. The monoisotopic (exact) mass is 456 g/mol. The van der Waals surface area contributed by atoms with Crippen molar-refractivity contribution in [2.24, 2.45) is 11.8 Å². The van der Waals surface area contributed by atoms with Gasteiger partial charge in [-0.1, -0.05) is 37.6 Å². The SMILES string of the molecule is Cc1ccc(NC(=O)N2CCC([C@H](NC(=O)c3cccs3)C(=O)NCC(C)C)CC2)cc1. The molecule has 4 amide bonds. The molecule has 0 spiro atoms.